The Labute approximate surface area is 200 Å². The fraction of sp³-hybridized carbons (Fsp3) is 0.625. The SMILES string of the molecule is Cc1ccc(NC(=O)[C@H](C)OC(=O)C2C[C@@H]3CCC[C@@H](C2)C3=O)cc1S(=O)(=O)N1CCOCC1. The van der Waals surface area contributed by atoms with Crippen LogP contribution in [0.25, 0.3) is 0 Å². The first-order chi connectivity index (χ1) is 16.2. The van der Waals surface area contributed by atoms with E-state index in [-0.39, 0.29) is 41.5 Å². The highest BCUT2D eigenvalue weighted by atomic mass is 32.2. The summed E-state index contributed by atoms with van der Waals surface area (Å²) in [6.07, 6.45) is 2.58. The number of rotatable bonds is 6. The summed E-state index contributed by atoms with van der Waals surface area (Å²) in [7, 11) is -3.73. The van der Waals surface area contributed by atoms with Crippen molar-refractivity contribution < 1.29 is 32.3 Å². The Morgan fingerprint density at radius 1 is 1.15 bits per heavy atom. The third-order valence-electron chi connectivity index (χ3n) is 7.09. The molecule has 10 heteroatoms. The molecule has 9 nitrogen and oxygen atoms in total. The van der Waals surface area contributed by atoms with E-state index in [0.29, 0.717) is 37.3 Å². The van der Waals surface area contributed by atoms with Gasteiger partial charge in [-0.1, -0.05) is 12.5 Å². The largest absolute Gasteiger partial charge is 0.452 e. The summed E-state index contributed by atoms with van der Waals surface area (Å²) in [5, 5.41) is 2.66. The van der Waals surface area contributed by atoms with Crippen molar-refractivity contribution in [2.45, 2.75) is 57.0 Å². The molecule has 3 fully saturated rings. The zero-order chi connectivity index (χ0) is 24.5. The van der Waals surface area contributed by atoms with E-state index < -0.39 is 28.0 Å². The minimum absolute atomic E-state index is 0.0754. The number of hydrogen-bond acceptors (Lipinski definition) is 7. The molecule has 2 bridgehead atoms. The molecule has 1 aromatic carbocycles. The van der Waals surface area contributed by atoms with E-state index in [1.54, 1.807) is 19.1 Å². The number of Topliss-reactive ketones (excluding diaryl/α,β-unsaturated/α-hetero) is 1. The summed E-state index contributed by atoms with van der Waals surface area (Å²) in [6.45, 7) is 4.43. The lowest BCUT2D eigenvalue weighted by Crippen LogP contribution is -2.41. The van der Waals surface area contributed by atoms with Crippen molar-refractivity contribution in [1.29, 1.82) is 0 Å². The molecule has 3 aliphatic rings. The highest BCUT2D eigenvalue weighted by molar-refractivity contribution is 7.89. The van der Waals surface area contributed by atoms with Gasteiger partial charge in [-0.2, -0.15) is 4.31 Å². The number of amides is 1. The molecule has 1 aromatic rings. The molecule has 1 heterocycles. The van der Waals surface area contributed by atoms with E-state index in [4.69, 9.17) is 9.47 Å². The predicted octanol–water partition coefficient (Wildman–Crippen LogP) is 2.28. The summed E-state index contributed by atoms with van der Waals surface area (Å²) in [4.78, 5) is 37.8. The molecular weight excluding hydrogens is 460 g/mol. The van der Waals surface area contributed by atoms with Crippen molar-refractivity contribution in [3.05, 3.63) is 23.8 Å². The number of benzene rings is 1. The first-order valence-electron chi connectivity index (χ1n) is 11.9. The van der Waals surface area contributed by atoms with E-state index in [1.807, 2.05) is 0 Å². The lowest BCUT2D eigenvalue weighted by molar-refractivity contribution is -0.161. The van der Waals surface area contributed by atoms with Gasteiger partial charge in [0.25, 0.3) is 5.91 Å². The average molecular weight is 493 g/mol. The number of sulfonamides is 1. The number of hydrogen-bond donors (Lipinski definition) is 1. The fourth-order valence-corrected chi connectivity index (χ4v) is 6.78. The van der Waals surface area contributed by atoms with Crippen molar-refractivity contribution in [2.75, 3.05) is 31.6 Å². The minimum atomic E-state index is -3.73. The van der Waals surface area contributed by atoms with Crippen molar-refractivity contribution in [1.82, 2.24) is 4.31 Å². The lowest BCUT2D eigenvalue weighted by atomic mass is 9.67. The molecule has 1 amide bonds. The molecule has 34 heavy (non-hydrogen) atoms. The molecule has 3 atom stereocenters. The zero-order valence-corrected chi connectivity index (χ0v) is 20.4. The van der Waals surface area contributed by atoms with Crippen molar-refractivity contribution in [3.8, 4) is 0 Å². The standard InChI is InChI=1S/C24H32N2O7S/c1-15-6-7-20(14-21(15)34(30,31)26-8-10-32-11-9-26)25-23(28)16(2)33-24(29)19-12-17-4-3-5-18(13-19)22(17)27/h6-7,14,16-19H,3-5,8-13H2,1-2H3,(H,25,28)/t16-,17-,18-/m0/s1. The number of esters is 1. The third-order valence-corrected chi connectivity index (χ3v) is 9.13. The molecule has 1 aliphatic heterocycles. The number of morpholine rings is 1. The van der Waals surface area contributed by atoms with Gasteiger partial charge in [0.1, 0.15) is 5.78 Å². The summed E-state index contributed by atoms with van der Waals surface area (Å²) in [5.41, 5.74) is 0.879. The molecule has 1 N–H and O–H groups in total. The van der Waals surface area contributed by atoms with E-state index in [2.05, 4.69) is 5.32 Å². The Hall–Kier alpha value is -2.30. The molecule has 2 aliphatic carbocycles. The highest BCUT2D eigenvalue weighted by Gasteiger charge is 2.42. The Kier molecular flexibility index (Phi) is 7.39. The van der Waals surface area contributed by atoms with E-state index >= 15 is 0 Å². The second-order valence-corrected chi connectivity index (χ2v) is 11.4. The maximum atomic E-state index is 13.1. The molecule has 0 radical (unpaired) electrons. The zero-order valence-electron chi connectivity index (χ0n) is 19.6. The van der Waals surface area contributed by atoms with Crippen LogP contribution in [0.2, 0.25) is 0 Å². The maximum absolute atomic E-state index is 13.1. The average Bonchev–Trinajstić information content (AvgIpc) is 2.80. The number of fused-ring (bicyclic) bond motifs is 2. The second-order valence-electron chi connectivity index (χ2n) is 9.46. The van der Waals surface area contributed by atoms with Crippen LogP contribution in [0.3, 0.4) is 0 Å². The van der Waals surface area contributed by atoms with Gasteiger partial charge in [-0.25, -0.2) is 8.42 Å². The molecule has 1 saturated heterocycles. The molecule has 2 saturated carbocycles. The van der Waals surface area contributed by atoms with Crippen LogP contribution in [0.5, 0.6) is 0 Å². The number of anilines is 1. The summed E-state index contributed by atoms with van der Waals surface area (Å²) >= 11 is 0. The molecular formula is C24H32N2O7S. The number of carbonyl (C=O) groups excluding carboxylic acids is 3. The molecule has 0 spiro atoms. The maximum Gasteiger partial charge on any atom is 0.309 e. The van der Waals surface area contributed by atoms with Crippen LogP contribution in [-0.4, -0.2) is 62.8 Å². The van der Waals surface area contributed by atoms with Crippen molar-refractivity contribution in [2.24, 2.45) is 17.8 Å². The van der Waals surface area contributed by atoms with Gasteiger partial charge in [0.15, 0.2) is 6.10 Å². The van der Waals surface area contributed by atoms with Gasteiger partial charge in [0, 0.05) is 30.6 Å². The quantitative estimate of drug-likeness (QED) is 0.605. The van der Waals surface area contributed by atoms with Crippen LogP contribution < -0.4 is 5.32 Å². The third kappa shape index (κ3) is 5.18. The Morgan fingerprint density at radius 2 is 1.79 bits per heavy atom. The smallest absolute Gasteiger partial charge is 0.309 e. The van der Waals surface area contributed by atoms with Gasteiger partial charge in [0.05, 0.1) is 24.0 Å². The van der Waals surface area contributed by atoms with E-state index in [0.717, 1.165) is 19.3 Å². The predicted molar refractivity (Wildman–Crippen MR) is 124 cm³/mol. The topological polar surface area (TPSA) is 119 Å². The first kappa shape index (κ1) is 24.8. The highest BCUT2D eigenvalue weighted by Crippen LogP contribution is 2.40. The van der Waals surface area contributed by atoms with Crippen LogP contribution in [0.4, 0.5) is 5.69 Å². The van der Waals surface area contributed by atoms with Gasteiger partial charge in [0.2, 0.25) is 10.0 Å². The lowest BCUT2D eigenvalue weighted by Gasteiger charge is -2.36. The summed E-state index contributed by atoms with van der Waals surface area (Å²) in [5.74, 6) is -1.25. The molecule has 0 aromatic heterocycles. The first-order valence-corrected chi connectivity index (χ1v) is 13.3. The van der Waals surface area contributed by atoms with Crippen LogP contribution in [0.15, 0.2) is 23.1 Å². The summed E-state index contributed by atoms with van der Waals surface area (Å²) in [6, 6.07) is 4.69. The van der Waals surface area contributed by atoms with Gasteiger partial charge in [-0.05, 0) is 57.2 Å². The van der Waals surface area contributed by atoms with Crippen molar-refractivity contribution >= 4 is 33.4 Å². The normalized spacial score (nSPS) is 26.5. The number of aryl methyl sites for hydroxylation is 1. The van der Waals surface area contributed by atoms with Gasteiger partial charge in [-0.3, -0.25) is 14.4 Å². The molecule has 186 valence electrons. The minimum Gasteiger partial charge on any atom is -0.452 e. The number of carbonyl (C=O) groups is 3. The van der Waals surface area contributed by atoms with Gasteiger partial charge < -0.3 is 14.8 Å². The number of nitrogens with zero attached hydrogens (tertiary/aromatic N) is 1. The fourth-order valence-electron chi connectivity index (χ4n) is 5.12. The Bertz CT molecular complexity index is 1050. The number of ketones is 1. The monoisotopic (exact) mass is 492 g/mol. The van der Waals surface area contributed by atoms with Gasteiger partial charge in [-0.15, -0.1) is 0 Å². The van der Waals surface area contributed by atoms with Gasteiger partial charge >= 0.3 is 5.97 Å². The van der Waals surface area contributed by atoms with Crippen LogP contribution in [0.1, 0.15) is 44.6 Å². The number of ether oxygens (including phenoxy) is 2. The number of nitrogens with one attached hydrogen (secondary N) is 1. The Morgan fingerprint density at radius 3 is 2.44 bits per heavy atom. The van der Waals surface area contributed by atoms with Crippen LogP contribution >= 0.6 is 0 Å². The van der Waals surface area contributed by atoms with Crippen LogP contribution in [-0.2, 0) is 33.9 Å². The second kappa shape index (κ2) is 10.1. The Balaban J connectivity index is 1.39. The van der Waals surface area contributed by atoms with E-state index in [1.165, 1.54) is 17.3 Å². The summed E-state index contributed by atoms with van der Waals surface area (Å²) < 4.78 is 38.2. The molecule has 0 unspecified atom stereocenters. The van der Waals surface area contributed by atoms with Crippen LogP contribution in [0, 0.1) is 24.7 Å². The molecule has 4 rings (SSSR count). The van der Waals surface area contributed by atoms with E-state index in [9.17, 15) is 22.8 Å². The van der Waals surface area contributed by atoms with Crippen molar-refractivity contribution in [3.63, 3.8) is 0 Å².